The van der Waals surface area contributed by atoms with Gasteiger partial charge in [-0.05, 0) is 174 Å². The van der Waals surface area contributed by atoms with Crippen molar-refractivity contribution in [3.63, 3.8) is 0 Å². The molecule has 16 nitrogen and oxygen atoms in total. The monoisotopic (exact) mass is 921 g/mol. The number of nitrogens with one attached hydrogen (secondary N) is 6. The topological polar surface area (TPSA) is 209 Å². The average Bonchev–Trinajstić information content (AvgIpc) is 4.30. The Bertz CT molecular complexity index is 2810. The van der Waals surface area contributed by atoms with Crippen molar-refractivity contribution in [2.75, 3.05) is 13.1 Å². The standard InChI is InChI=1S/C27H34N6O2.C25H30N6O2/c1-15(2)33-22(10-12-29-33)27(35)32-24(23(17-4-5-17)18-6-7-18)25-30-20-8-3-16(14-21(20)31-25)13-19-9-11-28-26(19)34;1-31-20(9-11-27-31)25(33)30-22(21(15-3-4-15)16-5-6-16)23-28-18-7-2-14(13-19(18)29-23)12-17-8-10-26-24(17)32/h3,8,10,12,14-15,17-19,23-24H,4-7,9,11,13H2,1-2H3,(H,28,34)(H,30,31)(H,32,35);2,7,9,11,13,15-17,21-22H,3-6,8,10,12H2,1H3,(H,26,32)(H,28,29)(H,30,33). The Labute approximate surface area is 396 Å². The SMILES string of the molecule is CC(C)n1nccc1C(=O)NC(c1nc2ccc(CC3CCNC3=O)cc2[nH]1)C(C1CC1)C1CC1.Cn1nccc1C(=O)NC(c1nc2ccc(CC3CCNC3=O)cc2[nH]1)C(C1CC1)C1CC1. The fourth-order valence-corrected chi connectivity index (χ4v) is 11.4. The molecule has 0 bridgehead atoms. The van der Waals surface area contributed by atoms with Crippen LogP contribution in [0.15, 0.2) is 60.9 Å². The number of imidazole rings is 2. The van der Waals surface area contributed by atoms with E-state index in [2.05, 4.69) is 65.7 Å². The van der Waals surface area contributed by atoms with Crippen LogP contribution in [-0.2, 0) is 29.5 Å². The highest BCUT2D eigenvalue weighted by atomic mass is 16.2. The highest BCUT2D eigenvalue weighted by Crippen LogP contribution is 2.55. The molecule has 2 saturated heterocycles. The minimum absolute atomic E-state index is 0.0433. The number of amides is 4. The molecule has 2 aliphatic heterocycles. The molecule has 12 rings (SSSR count). The molecule has 6 heterocycles. The summed E-state index contributed by atoms with van der Waals surface area (Å²) in [7, 11) is 1.79. The van der Waals surface area contributed by atoms with Crippen molar-refractivity contribution in [3.05, 3.63) is 95.1 Å². The van der Waals surface area contributed by atoms with Gasteiger partial charge in [0, 0.05) is 50.4 Å². The molecule has 4 amide bonds. The van der Waals surface area contributed by atoms with Crippen LogP contribution in [0.2, 0.25) is 0 Å². The second-order valence-corrected chi connectivity index (χ2v) is 20.9. The number of aromatic amines is 2. The molecule has 6 aromatic rings. The summed E-state index contributed by atoms with van der Waals surface area (Å²) in [6, 6.07) is 15.8. The zero-order valence-electron chi connectivity index (χ0n) is 39.3. The molecule has 356 valence electrons. The van der Waals surface area contributed by atoms with Gasteiger partial charge in [-0.3, -0.25) is 28.5 Å². The van der Waals surface area contributed by atoms with E-state index in [0.717, 1.165) is 83.6 Å². The van der Waals surface area contributed by atoms with Crippen LogP contribution in [-0.4, -0.2) is 76.2 Å². The third-order valence-corrected chi connectivity index (χ3v) is 15.5. The lowest BCUT2D eigenvalue weighted by molar-refractivity contribution is -0.123. The maximum absolute atomic E-state index is 13.4. The fraction of sp³-hybridized carbons (Fsp3) is 0.538. The predicted octanol–water partition coefficient (Wildman–Crippen LogP) is 6.81. The number of nitrogens with zero attached hydrogens (tertiary/aromatic N) is 6. The number of carbonyl (C=O) groups is 4. The molecule has 4 aromatic heterocycles. The maximum Gasteiger partial charge on any atom is 0.270 e. The first-order valence-electron chi connectivity index (χ1n) is 25.2. The lowest BCUT2D eigenvalue weighted by Gasteiger charge is -2.27. The van der Waals surface area contributed by atoms with E-state index in [1.165, 1.54) is 51.4 Å². The summed E-state index contributed by atoms with van der Waals surface area (Å²) < 4.78 is 3.39. The molecule has 4 atom stereocenters. The molecular weight excluding hydrogens is 857 g/mol. The van der Waals surface area contributed by atoms with E-state index in [0.29, 0.717) is 46.9 Å². The predicted molar refractivity (Wildman–Crippen MR) is 256 cm³/mol. The lowest BCUT2D eigenvalue weighted by Crippen LogP contribution is -2.37. The molecular formula is C52H64N12O4. The minimum atomic E-state index is -0.158. The summed E-state index contributed by atoms with van der Waals surface area (Å²) in [4.78, 5) is 67.6. The molecule has 6 aliphatic rings. The molecule has 2 aromatic carbocycles. The van der Waals surface area contributed by atoms with Crippen LogP contribution in [0.25, 0.3) is 22.1 Å². The Morgan fingerprint density at radius 2 is 1.06 bits per heavy atom. The number of benzene rings is 2. The Kier molecular flexibility index (Phi) is 11.9. The van der Waals surface area contributed by atoms with Crippen LogP contribution < -0.4 is 21.3 Å². The largest absolute Gasteiger partial charge is 0.356 e. The molecule has 16 heteroatoms. The second-order valence-electron chi connectivity index (χ2n) is 20.9. The molecule has 4 saturated carbocycles. The average molecular weight is 921 g/mol. The maximum atomic E-state index is 13.4. The summed E-state index contributed by atoms with van der Waals surface area (Å²) in [6.07, 6.45) is 16.4. The number of fused-ring (bicyclic) bond motifs is 2. The van der Waals surface area contributed by atoms with E-state index in [-0.39, 0.29) is 53.6 Å². The van der Waals surface area contributed by atoms with Crippen molar-refractivity contribution >= 4 is 45.7 Å². The lowest BCUT2D eigenvalue weighted by atomic mass is 9.88. The molecule has 6 fully saturated rings. The van der Waals surface area contributed by atoms with Gasteiger partial charge in [0.05, 0.1) is 34.2 Å². The normalized spacial score (nSPS) is 21.3. The number of carbonyl (C=O) groups excluding carboxylic acids is 4. The molecule has 68 heavy (non-hydrogen) atoms. The Morgan fingerprint density at radius 3 is 1.46 bits per heavy atom. The molecule has 0 spiro atoms. The van der Waals surface area contributed by atoms with Gasteiger partial charge in [0.2, 0.25) is 11.8 Å². The molecule has 4 unspecified atom stereocenters. The molecule has 0 radical (unpaired) electrons. The van der Waals surface area contributed by atoms with Crippen LogP contribution >= 0.6 is 0 Å². The third kappa shape index (κ3) is 9.42. The van der Waals surface area contributed by atoms with Crippen LogP contribution in [0.3, 0.4) is 0 Å². The van der Waals surface area contributed by atoms with Crippen molar-refractivity contribution in [2.45, 2.75) is 109 Å². The van der Waals surface area contributed by atoms with Crippen molar-refractivity contribution < 1.29 is 19.2 Å². The zero-order chi connectivity index (χ0) is 46.6. The fourth-order valence-electron chi connectivity index (χ4n) is 11.4. The van der Waals surface area contributed by atoms with E-state index in [9.17, 15) is 19.2 Å². The van der Waals surface area contributed by atoms with Crippen LogP contribution in [0, 0.1) is 47.3 Å². The van der Waals surface area contributed by atoms with Crippen LogP contribution in [0.4, 0.5) is 0 Å². The Morgan fingerprint density at radius 1 is 0.618 bits per heavy atom. The number of aromatic nitrogens is 8. The van der Waals surface area contributed by atoms with Crippen molar-refractivity contribution in [1.82, 2.24) is 60.8 Å². The summed E-state index contributed by atoms with van der Waals surface area (Å²) in [6.45, 7) is 5.59. The minimum Gasteiger partial charge on any atom is -0.356 e. The Hall–Kier alpha value is -6.32. The van der Waals surface area contributed by atoms with Crippen molar-refractivity contribution in [1.29, 1.82) is 0 Å². The quantitative estimate of drug-likeness (QED) is 0.0572. The van der Waals surface area contributed by atoms with Gasteiger partial charge in [-0.1, -0.05) is 12.1 Å². The van der Waals surface area contributed by atoms with E-state index in [1.54, 1.807) is 40.9 Å². The van der Waals surface area contributed by atoms with Gasteiger partial charge in [0.15, 0.2) is 0 Å². The number of aryl methyl sites for hydroxylation is 1. The summed E-state index contributed by atoms with van der Waals surface area (Å²) in [5.74, 6) is 5.25. The third-order valence-electron chi connectivity index (χ3n) is 15.5. The second kappa shape index (κ2) is 18.3. The van der Waals surface area contributed by atoms with Gasteiger partial charge in [-0.15, -0.1) is 0 Å². The van der Waals surface area contributed by atoms with Gasteiger partial charge in [-0.25, -0.2) is 9.97 Å². The van der Waals surface area contributed by atoms with E-state index in [4.69, 9.17) is 9.97 Å². The highest BCUT2D eigenvalue weighted by Gasteiger charge is 2.49. The highest BCUT2D eigenvalue weighted by molar-refractivity contribution is 5.93. The smallest absolute Gasteiger partial charge is 0.270 e. The summed E-state index contributed by atoms with van der Waals surface area (Å²) >= 11 is 0. The molecule has 6 N–H and O–H groups in total. The van der Waals surface area contributed by atoms with Gasteiger partial charge >= 0.3 is 0 Å². The van der Waals surface area contributed by atoms with Gasteiger partial charge in [-0.2, -0.15) is 10.2 Å². The zero-order valence-corrected chi connectivity index (χ0v) is 39.3. The van der Waals surface area contributed by atoms with Gasteiger partial charge in [0.25, 0.3) is 11.8 Å². The van der Waals surface area contributed by atoms with E-state index >= 15 is 0 Å². The number of hydrogen-bond acceptors (Lipinski definition) is 8. The van der Waals surface area contributed by atoms with Crippen molar-refractivity contribution in [3.8, 4) is 0 Å². The number of hydrogen-bond donors (Lipinski definition) is 6. The van der Waals surface area contributed by atoms with Crippen molar-refractivity contribution in [2.24, 2.45) is 54.4 Å². The van der Waals surface area contributed by atoms with Gasteiger partial charge < -0.3 is 31.2 Å². The van der Waals surface area contributed by atoms with Crippen LogP contribution in [0.1, 0.15) is 140 Å². The summed E-state index contributed by atoms with van der Waals surface area (Å²) in [5, 5.41) is 21.0. The number of H-pyrrole nitrogens is 2. The van der Waals surface area contributed by atoms with E-state index < -0.39 is 0 Å². The Balaban J connectivity index is 0.000000149. The first-order valence-corrected chi connectivity index (χ1v) is 25.2. The summed E-state index contributed by atoms with van der Waals surface area (Å²) in [5.41, 5.74) is 7.14. The van der Waals surface area contributed by atoms with E-state index in [1.807, 2.05) is 26.0 Å². The first-order chi connectivity index (χ1) is 33.0. The van der Waals surface area contributed by atoms with Gasteiger partial charge in [0.1, 0.15) is 23.0 Å². The first kappa shape index (κ1) is 44.2. The van der Waals surface area contributed by atoms with Crippen LogP contribution in [0.5, 0.6) is 0 Å². The molecule has 4 aliphatic carbocycles. The number of rotatable bonds is 17.